The van der Waals surface area contributed by atoms with Gasteiger partial charge in [0, 0.05) is 34.1 Å². The fourth-order valence-electron chi connectivity index (χ4n) is 2.51. The predicted molar refractivity (Wildman–Crippen MR) is 141 cm³/mol. The van der Waals surface area contributed by atoms with E-state index < -0.39 is 0 Å². The van der Waals surface area contributed by atoms with E-state index in [0.717, 1.165) is 71.7 Å². The second-order valence-electron chi connectivity index (χ2n) is 6.55. The molecule has 0 spiro atoms. The van der Waals surface area contributed by atoms with Crippen LogP contribution >= 0.6 is 47.0 Å². The molecular formula is C24H30O3S4. The molecule has 7 heteroatoms. The molecular weight excluding hydrogens is 465 g/mol. The van der Waals surface area contributed by atoms with Gasteiger partial charge in [-0.15, -0.1) is 0 Å². The molecule has 0 saturated carbocycles. The second kappa shape index (κ2) is 17.7. The number of carbonyl (C=O) groups excluding carboxylic acids is 2. The molecule has 0 fully saturated rings. The number of benzene rings is 2. The molecule has 0 radical (unpaired) electrons. The maximum absolute atomic E-state index is 12.0. The van der Waals surface area contributed by atoms with Crippen molar-refractivity contribution in [3.05, 3.63) is 71.8 Å². The van der Waals surface area contributed by atoms with Crippen LogP contribution in [0.5, 0.6) is 0 Å². The normalized spacial score (nSPS) is 10.8. The van der Waals surface area contributed by atoms with E-state index in [1.165, 1.54) is 23.5 Å². The van der Waals surface area contributed by atoms with Crippen LogP contribution in [0.4, 0.5) is 0 Å². The highest BCUT2D eigenvalue weighted by atomic mass is 32.2. The van der Waals surface area contributed by atoms with E-state index in [-0.39, 0.29) is 10.2 Å². The van der Waals surface area contributed by atoms with Crippen LogP contribution in [-0.2, 0) is 4.74 Å². The van der Waals surface area contributed by atoms with Crippen molar-refractivity contribution < 1.29 is 14.3 Å². The minimum Gasteiger partial charge on any atom is -0.380 e. The Balaban J connectivity index is 1.30. The molecule has 0 aliphatic rings. The minimum absolute atomic E-state index is 0.160. The molecule has 0 aromatic heterocycles. The van der Waals surface area contributed by atoms with Gasteiger partial charge in [-0.25, -0.2) is 0 Å². The molecule has 0 unspecified atom stereocenters. The van der Waals surface area contributed by atoms with Crippen LogP contribution in [0, 0.1) is 0 Å². The molecule has 2 rings (SSSR count). The minimum atomic E-state index is 0.160. The highest BCUT2D eigenvalue weighted by Gasteiger charge is 2.05. The summed E-state index contributed by atoms with van der Waals surface area (Å²) in [5, 5.41) is 0.320. The zero-order chi connectivity index (χ0) is 22.0. The summed E-state index contributed by atoms with van der Waals surface area (Å²) in [6.45, 7) is 1.56. The van der Waals surface area contributed by atoms with E-state index in [9.17, 15) is 9.59 Å². The topological polar surface area (TPSA) is 43.4 Å². The molecule has 0 amide bonds. The fourth-order valence-corrected chi connectivity index (χ4v) is 6.00. The summed E-state index contributed by atoms with van der Waals surface area (Å²) in [5.41, 5.74) is 1.57. The Hall–Kier alpha value is -0.860. The highest BCUT2D eigenvalue weighted by molar-refractivity contribution is 8.14. The molecule has 0 N–H and O–H groups in total. The van der Waals surface area contributed by atoms with Crippen molar-refractivity contribution >= 4 is 57.3 Å². The predicted octanol–water partition coefficient (Wildman–Crippen LogP) is 6.40. The van der Waals surface area contributed by atoms with Gasteiger partial charge in [-0.2, -0.15) is 23.5 Å². The van der Waals surface area contributed by atoms with Crippen molar-refractivity contribution in [2.75, 3.05) is 47.7 Å². The monoisotopic (exact) mass is 494 g/mol. The maximum atomic E-state index is 12.0. The van der Waals surface area contributed by atoms with Gasteiger partial charge in [0.05, 0.1) is 13.2 Å². The lowest BCUT2D eigenvalue weighted by Gasteiger charge is -2.05. The lowest BCUT2D eigenvalue weighted by Crippen LogP contribution is -2.03. The number of hydrogen-bond acceptors (Lipinski definition) is 7. The Labute approximate surface area is 203 Å². The van der Waals surface area contributed by atoms with Crippen molar-refractivity contribution in [3.8, 4) is 0 Å². The second-order valence-corrected chi connectivity index (χ2v) is 11.1. The molecule has 3 nitrogen and oxygen atoms in total. The fraction of sp³-hybridized carbons (Fsp3) is 0.417. The number of thioether (sulfide) groups is 4. The standard InChI is InChI=1S/C24H30O3S4/c25-23(21-9-3-1-4-10-21)30-17-7-15-28-19-13-27-14-20-29-16-8-18-31-24(26)22-11-5-2-6-12-22/h1-6,9-12H,7-8,13-20H2. The third-order valence-corrected chi connectivity index (χ3v) is 8.14. The Morgan fingerprint density at radius 2 is 1.00 bits per heavy atom. The molecule has 0 aliphatic carbocycles. The first-order valence-electron chi connectivity index (χ1n) is 10.4. The van der Waals surface area contributed by atoms with E-state index in [1.807, 2.05) is 84.2 Å². The lowest BCUT2D eigenvalue weighted by molar-refractivity contribution is 0.108. The van der Waals surface area contributed by atoms with Crippen LogP contribution in [0.2, 0.25) is 0 Å². The number of rotatable bonds is 16. The first kappa shape index (κ1) is 26.4. The average Bonchev–Trinajstić information content (AvgIpc) is 2.82. The lowest BCUT2D eigenvalue weighted by atomic mass is 10.2. The summed E-state index contributed by atoms with van der Waals surface area (Å²) in [7, 11) is 0. The summed E-state index contributed by atoms with van der Waals surface area (Å²) in [6, 6.07) is 18.9. The first-order chi connectivity index (χ1) is 15.3. The molecule has 0 saturated heterocycles. The quantitative estimate of drug-likeness (QED) is 0.250. The third kappa shape index (κ3) is 12.7. The summed E-state index contributed by atoms with van der Waals surface area (Å²) in [4.78, 5) is 23.9. The molecule has 31 heavy (non-hydrogen) atoms. The maximum Gasteiger partial charge on any atom is 0.219 e. The Morgan fingerprint density at radius 1 is 0.581 bits per heavy atom. The molecule has 168 valence electrons. The van der Waals surface area contributed by atoms with Crippen LogP contribution in [0.15, 0.2) is 60.7 Å². The average molecular weight is 495 g/mol. The van der Waals surface area contributed by atoms with Crippen LogP contribution < -0.4 is 0 Å². The van der Waals surface area contributed by atoms with E-state index in [1.54, 1.807) is 0 Å². The van der Waals surface area contributed by atoms with Crippen LogP contribution in [0.1, 0.15) is 33.6 Å². The van der Waals surface area contributed by atoms with Crippen LogP contribution in [0.25, 0.3) is 0 Å². The summed E-state index contributed by atoms with van der Waals surface area (Å²) < 4.78 is 5.68. The van der Waals surface area contributed by atoms with Gasteiger partial charge >= 0.3 is 0 Å². The Morgan fingerprint density at radius 3 is 1.42 bits per heavy atom. The molecule has 2 aromatic carbocycles. The van der Waals surface area contributed by atoms with Gasteiger partial charge in [0.2, 0.25) is 10.2 Å². The molecule has 0 atom stereocenters. The van der Waals surface area contributed by atoms with Gasteiger partial charge in [-0.3, -0.25) is 9.59 Å². The Bertz CT molecular complexity index is 678. The zero-order valence-electron chi connectivity index (χ0n) is 17.7. The van der Waals surface area contributed by atoms with E-state index >= 15 is 0 Å². The summed E-state index contributed by atoms with van der Waals surface area (Å²) in [5.74, 6) is 5.86. The van der Waals surface area contributed by atoms with E-state index in [0.29, 0.717) is 0 Å². The van der Waals surface area contributed by atoms with Gasteiger partial charge < -0.3 is 4.74 Å². The molecule has 0 aliphatic heterocycles. The van der Waals surface area contributed by atoms with Crippen molar-refractivity contribution in [1.82, 2.24) is 0 Å². The van der Waals surface area contributed by atoms with Gasteiger partial charge in [0.1, 0.15) is 0 Å². The van der Waals surface area contributed by atoms with Crippen molar-refractivity contribution in [1.29, 1.82) is 0 Å². The van der Waals surface area contributed by atoms with Crippen molar-refractivity contribution in [2.24, 2.45) is 0 Å². The number of carbonyl (C=O) groups is 2. The van der Waals surface area contributed by atoms with Crippen molar-refractivity contribution in [2.45, 2.75) is 12.8 Å². The van der Waals surface area contributed by atoms with Gasteiger partial charge in [-0.1, -0.05) is 84.2 Å². The smallest absolute Gasteiger partial charge is 0.219 e. The zero-order valence-corrected chi connectivity index (χ0v) is 21.0. The number of hydrogen-bond donors (Lipinski definition) is 0. The van der Waals surface area contributed by atoms with Gasteiger partial charge in [0.15, 0.2) is 0 Å². The Kier molecular flexibility index (Phi) is 15.0. The number of ether oxygens (including phenoxy) is 1. The van der Waals surface area contributed by atoms with E-state index in [2.05, 4.69) is 0 Å². The van der Waals surface area contributed by atoms with Crippen LogP contribution in [0.3, 0.4) is 0 Å². The largest absolute Gasteiger partial charge is 0.380 e. The van der Waals surface area contributed by atoms with E-state index in [4.69, 9.17) is 4.74 Å². The SMILES string of the molecule is O=C(SCCCSCCOCCSCCCSC(=O)c1ccccc1)c1ccccc1. The van der Waals surface area contributed by atoms with Gasteiger partial charge in [-0.05, 0) is 24.3 Å². The highest BCUT2D eigenvalue weighted by Crippen LogP contribution is 2.16. The summed E-state index contributed by atoms with van der Waals surface area (Å²) in [6.07, 6.45) is 2.07. The third-order valence-electron chi connectivity index (χ3n) is 4.10. The summed E-state index contributed by atoms with van der Waals surface area (Å²) >= 11 is 6.58. The molecule has 0 heterocycles. The van der Waals surface area contributed by atoms with Gasteiger partial charge in [0.25, 0.3) is 0 Å². The first-order valence-corrected chi connectivity index (χ1v) is 14.7. The van der Waals surface area contributed by atoms with Crippen LogP contribution in [-0.4, -0.2) is 58.0 Å². The van der Waals surface area contributed by atoms with Crippen molar-refractivity contribution in [3.63, 3.8) is 0 Å². The molecule has 0 bridgehead atoms. The molecule has 2 aromatic rings.